The third kappa shape index (κ3) is 1.65. The zero-order valence-corrected chi connectivity index (χ0v) is 6.31. The van der Waals surface area contributed by atoms with Crippen LogP contribution in [0, 0.1) is 0 Å². The van der Waals surface area contributed by atoms with Crippen LogP contribution in [-0.2, 0) is 6.61 Å². The first-order valence-electron chi connectivity index (χ1n) is 2.96. The third-order valence-corrected chi connectivity index (χ3v) is 1.52. The van der Waals surface area contributed by atoms with Crippen LogP contribution < -0.4 is 4.72 Å². The standard InChI is InChI=1S/C7H9NOS/c9-5-6-1-3-7(8-10)4-2-6/h1-4,8-10H,5H2. The number of anilines is 1. The van der Waals surface area contributed by atoms with Gasteiger partial charge in [0.25, 0.3) is 0 Å². The van der Waals surface area contributed by atoms with Gasteiger partial charge in [-0.2, -0.15) is 0 Å². The van der Waals surface area contributed by atoms with Gasteiger partial charge in [0.05, 0.1) is 6.61 Å². The minimum Gasteiger partial charge on any atom is -0.392 e. The van der Waals surface area contributed by atoms with E-state index in [2.05, 4.69) is 17.5 Å². The second kappa shape index (κ2) is 3.49. The lowest BCUT2D eigenvalue weighted by atomic mass is 10.2. The molecule has 0 aliphatic rings. The molecule has 1 rings (SSSR count). The van der Waals surface area contributed by atoms with E-state index in [1.165, 1.54) is 0 Å². The van der Waals surface area contributed by atoms with Gasteiger partial charge in [-0.3, -0.25) is 0 Å². The topological polar surface area (TPSA) is 32.3 Å². The van der Waals surface area contributed by atoms with Crippen LogP contribution in [0.5, 0.6) is 0 Å². The molecular formula is C7H9NOS. The summed E-state index contributed by atoms with van der Waals surface area (Å²) in [7, 11) is 0. The van der Waals surface area contributed by atoms with E-state index in [0.717, 1.165) is 11.3 Å². The molecule has 0 heterocycles. The molecule has 0 unspecified atom stereocenters. The molecule has 0 aromatic heterocycles. The SMILES string of the molecule is OCc1ccc(NS)cc1. The normalized spacial score (nSPS) is 9.40. The van der Waals surface area contributed by atoms with Crippen LogP contribution in [-0.4, -0.2) is 5.11 Å². The predicted octanol–water partition coefficient (Wildman–Crippen LogP) is 1.44. The molecule has 0 fully saturated rings. The molecule has 1 aromatic carbocycles. The Morgan fingerprint density at radius 3 is 2.30 bits per heavy atom. The smallest absolute Gasteiger partial charge is 0.0681 e. The van der Waals surface area contributed by atoms with E-state index in [4.69, 9.17) is 5.11 Å². The maximum Gasteiger partial charge on any atom is 0.0681 e. The van der Waals surface area contributed by atoms with E-state index in [1.54, 1.807) is 0 Å². The first kappa shape index (κ1) is 7.44. The Labute approximate surface area is 65.4 Å². The van der Waals surface area contributed by atoms with Gasteiger partial charge in [0.2, 0.25) is 0 Å². The zero-order chi connectivity index (χ0) is 7.40. The van der Waals surface area contributed by atoms with Crippen molar-refractivity contribution in [3.63, 3.8) is 0 Å². The lowest BCUT2D eigenvalue weighted by molar-refractivity contribution is 0.282. The highest BCUT2D eigenvalue weighted by atomic mass is 32.1. The second-order valence-corrected chi connectivity index (χ2v) is 2.19. The van der Waals surface area contributed by atoms with Crippen LogP contribution in [0.1, 0.15) is 5.56 Å². The van der Waals surface area contributed by atoms with Crippen LogP contribution in [0.3, 0.4) is 0 Å². The Kier molecular flexibility index (Phi) is 2.59. The van der Waals surface area contributed by atoms with E-state index >= 15 is 0 Å². The van der Waals surface area contributed by atoms with Gasteiger partial charge in [0.15, 0.2) is 0 Å². The molecule has 54 valence electrons. The van der Waals surface area contributed by atoms with E-state index in [0.29, 0.717) is 0 Å². The molecular weight excluding hydrogens is 146 g/mol. The van der Waals surface area contributed by atoms with Gasteiger partial charge >= 0.3 is 0 Å². The molecule has 0 aliphatic carbocycles. The summed E-state index contributed by atoms with van der Waals surface area (Å²) in [5.74, 6) is 0. The number of hydrogen-bond acceptors (Lipinski definition) is 3. The van der Waals surface area contributed by atoms with E-state index < -0.39 is 0 Å². The first-order valence-corrected chi connectivity index (χ1v) is 3.41. The Morgan fingerprint density at radius 2 is 1.90 bits per heavy atom. The van der Waals surface area contributed by atoms with Crippen molar-refractivity contribution >= 4 is 18.5 Å². The maximum absolute atomic E-state index is 8.66. The highest BCUT2D eigenvalue weighted by molar-refractivity contribution is 7.81. The number of benzene rings is 1. The van der Waals surface area contributed by atoms with Crippen molar-refractivity contribution in [3.8, 4) is 0 Å². The molecule has 0 spiro atoms. The minimum absolute atomic E-state index is 0.0901. The Hall–Kier alpha value is -0.670. The number of nitrogens with one attached hydrogen (secondary N) is 1. The summed E-state index contributed by atoms with van der Waals surface area (Å²) in [6.07, 6.45) is 0. The Bertz CT molecular complexity index is 174. The maximum atomic E-state index is 8.66. The number of aliphatic hydroxyl groups excluding tert-OH is 1. The van der Waals surface area contributed by atoms with Crippen LogP contribution in [0.15, 0.2) is 24.3 Å². The monoisotopic (exact) mass is 155 g/mol. The number of thiol groups is 1. The van der Waals surface area contributed by atoms with Crippen LogP contribution in [0.25, 0.3) is 0 Å². The summed E-state index contributed by atoms with van der Waals surface area (Å²) in [6, 6.07) is 7.41. The van der Waals surface area contributed by atoms with Gasteiger partial charge in [0, 0.05) is 5.69 Å². The molecule has 0 aliphatic heterocycles. The number of aliphatic hydroxyl groups is 1. The van der Waals surface area contributed by atoms with Gasteiger partial charge in [-0.1, -0.05) is 24.9 Å². The van der Waals surface area contributed by atoms with Gasteiger partial charge in [-0.05, 0) is 17.7 Å². The summed E-state index contributed by atoms with van der Waals surface area (Å²) in [4.78, 5) is 0. The van der Waals surface area contributed by atoms with Gasteiger partial charge in [-0.15, -0.1) is 0 Å². The lowest BCUT2D eigenvalue weighted by Gasteiger charge is -1.98. The Morgan fingerprint density at radius 1 is 1.30 bits per heavy atom. The molecule has 3 heteroatoms. The van der Waals surface area contributed by atoms with Crippen LogP contribution >= 0.6 is 12.8 Å². The molecule has 2 N–H and O–H groups in total. The summed E-state index contributed by atoms with van der Waals surface area (Å²) in [5, 5.41) is 8.66. The average Bonchev–Trinajstić information content (AvgIpc) is 2.05. The van der Waals surface area contributed by atoms with Gasteiger partial charge in [0.1, 0.15) is 0 Å². The third-order valence-electron chi connectivity index (χ3n) is 1.27. The van der Waals surface area contributed by atoms with E-state index in [9.17, 15) is 0 Å². The highest BCUT2D eigenvalue weighted by Gasteiger charge is 1.88. The molecule has 0 radical (unpaired) electrons. The molecule has 0 saturated carbocycles. The molecule has 0 atom stereocenters. The van der Waals surface area contributed by atoms with Crippen molar-refractivity contribution in [2.75, 3.05) is 4.72 Å². The van der Waals surface area contributed by atoms with E-state index in [1.807, 2.05) is 24.3 Å². The van der Waals surface area contributed by atoms with Crippen molar-refractivity contribution < 1.29 is 5.11 Å². The zero-order valence-electron chi connectivity index (χ0n) is 5.41. The highest BCUT2D eigenvalue weighted by Crippen LogP contribution is 2.09. The minimum atomic E-state index is 0.0901. The van der Waals surface area contributed by atoms with Crippen LogP contribution in [0.4, 0.5) is 5.69 Å². The van der Waals surface area contributed by atoms with Crippen molar-refractivity contribution in [2.24, 2.45) is 0 Å². The van der Waals surface area contributed by atoms with Crippen molar-refractivity contribution in [3.05, 3.63) is 29.8 Å². The summed E-state index contributed by atoms with van der Waals surface area (Å²) < 4.78 is 2.69. The van der Waals surface area contributed by atoms with Crippen LogP contribution in [0.2, 0.25) is 0 Å². The summed E-state index contributed by atoms with van der Waals surface area (Å²) in [6.45, 7) is 0.0901. The predicted molar refractivity (Wildman–Crippen MR) is 45.0 cm³/mol. The fraction of sp³-hybridized carbons (Fsp3) is 0.143. The van der Waals surface area contributed by atoms with Crippen molar-refractivity contribution in [1.29, 1.82) is 0 Å². The Balaban J connectivity index is 2.80. The van der Waals surface area contributed by atoms with Gasteiger partial charge < -0.3 is 9.83 Å². The van der Waals surface area contributed by atoms with E-state index in [-0.39, 0.29) is 6.61 Å². The van der Waals surface area contributed by atoms with Gasteiger partial charge in [-0.25, -0.2) is 0 Å². The average molecular weight is 155 g/mol. The lowest BCUT2D eigenvalue weighted by Crippen LogP contribution is -1.83. The summed E-state index contributed by atoms with van der Waals surface area (Å²) in [5.41, 5.74) is 1.84. The first-order chi connectivity index (χ1) is 4.86. The second-order valence-electron chi connectivity index (χ2n) is 1.97. The molecule has 0 amide bonds. The summed E-state index contributed by atoms with van der Waals surface area (Å²) >= 11 is 3.86. The molecule has 0 bridgehead atoms. The molecule has 2 nitrogen and oxygen atoms in total. The molecule has 0 saturated heterocycles. The quantitative estimate of drug-likeness (QED) is 0.565. The van der Waals surface area contributed by atoms with Crippen molar-refractivity contribution in [1.82, 2.24) is 0 Å². The number of hydrogen-bond donors (Lipinski definition) is 3. The molecule has 10 heavy (non-hydrogen) atoms. The molecule has 1 aromatic rings. The number of rotatable bonds is 2. The fourth-order valence-corrected chi connectivity index (χ4v) is 0.834. The van der Waals surface area contributed by atoms with Crippen molar-refractivity contribution in [2.45, 2.75) is 6.61 Å². The fourth-order valence-electron chi connectivity index (χ4n) is 0.685. The largest absolute Gasteiger partial charge is 0.392 e.